The second-order valence-corrected chi connectivity index (χ2v) is 5.20. The van der Waals surface area contributed by atoms with Crippen molar-refractivity contribution in [1.82, 2.24) is 5.32 Å². The molecule has 1 aromatic carbocycles. The molecule has 0 aliphatic heterocycles. The van der Waals surface area contributed by atoms with E-state index in [9.17, 15) is 18.0 Å². The summed E-state index contributed by atoms with van der Waals surface area (Å²) in [4.78, 5) is 11.8. The summed E-state index contributed by atoms with van der Waals surface area (Å²) in [5.41, 5.74) is 0.263. The number of hydrogen-bond donors (Lipinski definition) is 1. The van der Waals surface area contributed by atoms with Gasteiger partial charge in [0.25, 0.3) is 5.91 Å². The molecule has 1 unspecified atom stereocenters. The van der Waals surface area contributed by atoms with E-state index in [-0.39, 0.29) is 22.6 Å². The van der Waals surface area contributed by atoms with Gasteiger partial charge in [-0.25, -0.2) is 0 Å². The summed E-state index contributed by atoms with van der Waals surface area (Å²) < 4.78 is 39.6. The third kappa shape index (κ3) is 4.59. The first-order valence-electron chi connectivity index (χ1n) is 6.13. The van der Waals surface area contributed by atoms with Crippen molar-refractivity contribution in [1.29, 1.82) is 0 Å². The van der Waals surface area contributed by atoms with Crippen LogP contribution in [0, 0.1) is 5.92 Å². The van der Waals surface area contributed by atoms with Gasteiger partial charge in [0.1, 0.15) is 5.75 Å². The first-order valence-corrected chi connectivity index (χ1v) is 6.57. The third-order valence-electron chi connectivity index (χ3n) is 2.94. The van der Waals surface area contributed by atoms with Crippen molar-refractivity contribution in [3.63, 3.8) is 0 Å². The zero-order chi connectivity index (χ0) is 14.8. The summed E-state index contributed by atoms with van der Waals surface area (Å²) >= 11 is 6.05. The molecule has 1 aliphatic rings. The Balaban J connectivity index is 1.86. The topological polar surface area (TPSA) is 38.3 Å². The van der Waals surface area contributed by atoms with E-state index >= 15 is 0 Å². The van der Waals surface area contributed by atoms with Gasteiger partial charge >= 0.3 is 6.36 Å². The molecule has 0 saturated heterocycles. The van der Waals surface area contributed by atoms with Gasteiger partial charge in [-0.3, -0.25) is 4.79 Å². The standard InChI is InChI=1S/C13H13ClF3NO2/c14-11(8-1-2-8)7-18-12(19)9-3-5-10(6-4-9)20-13(15,16)17/h3-6,8,11H,1-2,7H2,(H,18,19). The van der Waals surface area contributed by atoms with Crippen molar-refractivity contribution in [2.24, 2.45) is 5.92 Å². The summed E-state index contributed by atoms with van der Waals surface area (Å²) in [6.07, 6.45) is -2.58. The molecular formula is C13H13ClF3NO2. The van der Waals surface area contributed by atoms with Gasteiger partial charge in [-0.1, -0.05) is 0 Å². The van der Waals surface area contributed by atoms with Crippen LogP contribution in [0.3, 0.4) is 0 Å². The van der Waals surface area contributed by atoms with Crippen LogP contribution in [-0.4, -0.2) is 24.2 Å². The number of ether oxygens (including phenoxy) is 1. The highest BCUT2D eigenvalue weighted by atomic mass is 35.5. The van der Waals surface area contributed by atoms with Crippen molar-refractivity contribution in [2.45, 2.75) is 24.6 Å². The first kappa shape index (κ1) is 15.0. The van der Waals surface area contributed by atoms with Crippen LogP contribution in [0.15, 0.2) is 24.3 Å². The van der Waals surface area contributed by atoms with Crippen LogP contribution in [0.4, 0.5) is 13.2 Å². The lowest BCUT2D eigenvalue weighted by Crippen LogP contribution is -2.30. The largest absolute Gasteiger partial charge is 0.573 e. The smallest absolute Gasteiger partial charge is 0.406 e. The van der Waals surface area contributed by atoms with Gasteiger partial charge in [0.05, 0.1) is 5.38 Å². The molecule has 110 valence electrons. The molecule has 1 saturated carbocycles. The molecule has 1 aromatic rings. The van der Waals surface area contributed by atoms with Gasteiger partial charge in [-0.15, -0.1) is 24.8 Å². The molecule has 7 heteroatoms. The van der Waals surface area contributed by atoms with Crippen LogP contribution in [0.25, 0.3) is 0 Å². The zero-order valence-electron chi connectivity index (χ0n) is 10.4. The second kappa shape index (κ2) is 5.91. The number of rotatable bonds is 5. The van der Waals surface area contributed by atoms with E-state index in [2.05, 4.69) is 10.1 Å². The van der Waals surface area contributed by atoms with Crippen LogP contribution in [0.5, 0.6) is 5.75 Å². The molecule has 2 rings (SSSR count). The first-order chi connectivity index (χ1) is 9.35. The maximum absolute atomic E-state index is 12.0. The lowest BCUT2D eigenvalue weighted by atomic mass is 10.2. The molecule has 1 N–H and O–H groups in total. The SMILES string of the molecule is O=C(NCC(Cl)C1CC1)c1ccc(OC(F)(F)F)cc1. The highest BCUT2D eigenvalue weighted by Crippen LogP contribution is 2.35. The highest BCUT2D eigenvalue weighted by Gasteiger charge is 2.31. The summed E-state index contributed by atoms with van der Waals surface area (Å²) in [6, 6.07) is 4.75. The average Bonchev–Trinajstić information content (AvgIpc) is 3.18. The fourth-order valence-corrected chi connectivity index (χ4v) is 2.05. The Bertz CT molecular complexity index is 471. The normalized spacial score (nSPS) is 16.6. The second-order valence-electron chi connectivity index (χ2n) is 4.64. The minimum absolute atomic E-state index is 0.0909. The molecule has 1 atom stereocenters. The van der Waals surface area contributed by atoms with Crippen molar-refractivity contribution in [3.8, 4) is 5.75 Å². The zero-order valence-corrected chi connectivity index (χ0v) is 11.2. The van der Waals surface area contributed by atoms with E-state index in [1.54, 1.807) is 0 Å². The molecule has 0 radical (unpaired) electrons. The van der Waals surface area contributed by atoms with E-state index in [0.29, 0.717) is 12.5 Å². The number of halogens is 4. The van der Waals surface area contributed by atoms with Gasteiger partial charge in [0.2, 0.25) is 0 Å². The van der Waals surface area contributed by atoms with Crippen molar-refractivity contribution >= 4 is 17.5 Å². The van der Waals surface area contributed by atoms with Crippen LogP contribution in [-0.2, 0) is 0 Å². The maximum atomic E-state index is 12.0. The minimum atomic E-state index is -4.74. The Kier molecular flexibility index (Phi) is 4.42. The molecule has 0 aromatic heterocycles. The van der Waals surface area contributed by atoms with Gasteiger partial charge < -0.3 is 10.1 Å². The Morgan fingerprint density at radius 1 is 1.35 bits per heavy atom. The fourth-order valence-electron chi connectivity index (χ4n) is 1.72. The number of carbonyl (C=O) groups is 1. The Morgan fingerprint density at radius 2 is 1.95 bits per heavy atom. The lowest BCUT2D eigenvalue weighted by molar-refractivity contribution is -0.274. The van der Waals surface area contributed by atoms with E-state index in [4.69, 9.17) is 11.6 Å². The number of benzene rings is 1. The van der Waals surface area contributed by atoms with Crippen molar-refractivity contribution in [3.05, 3.63) is 29.8 Å². The summed E-state index contributed by atoms with van der Waals surface area (Å²) in [6.45, 7) is 0.353. The van der Waals surface area contributed by atoms with E-state index < -0.39 is 6.36 Å². The quantitative estimate of drug-likeness (QED) is 0.847. The predicted octanol–water partition coefficient (Wildman–Crippen LogP) is 3.33. The van der Waals surface area contributed by atoms with E-state index in [0.717, 1.165) is 25.0 Å². The number of alkyl halides is 4. The van der Waals surface area contributed by atoms with Gasteiger partial charge in [0, 0.05) is 12.1 Å². The van der Waals surface area contributed by atoms with Crippen LogP contribution >= 0.6 is 11.6 Å². The molecule has 0 spiro atoms. The molecule has 1 fully saturated rings. The third-order valence-corrected chi connectivity index (χ3v) is 3.45. The Labute approximate surface area is 119 Å². The number of hydrogen-bond acceptors (Lipinski definition) is 2. The lowest BCUT2D eigenvalue weighted by Gasteiger charge is -2.11. The summed E-state index contributed by atoms with van der Waals surface area (Å²) in [5, 5.41) is 2.56. The summed E-state index contributed by atoms with van der Waals surface area (Å²) in [5.74, 6) is -0.267. The van der Waals surface area contributed by atoms with Crippen LogP contribution in [0.1, 0.15) is 23.2 Å². The molecule has 3 nitrogen and oxygen atoms in total. The van der Waals surface area contributed by atoms with Crippen LogP contribution in [0.2, 0.25) is 0 Å². The Morgan fingerprint density at radius 3 is 2.45 bits per heavy atom. The van der Waals surface area contributed by atoms with Crippen molar-refractivity contribution in [2.75, 3.05) is 6.54 Å². The fraction of sp³-hybridized carbons (Fsp3) is 0.462. The van der Waals surface area contributed by atoms with Gasteiger partial charge in [0.15, 0.2) is 0 Å². The molecule has 0 bridgehead atoms. The molecule has 20 heavy (non-hydrogen) atoms. The monoisotopic (exact) mass is 307 g/mol. The van der Waals surface area contributed by atoms with Crippen molar-refractivity contribution < 1.29 is 22.7 Å². The molecular weight excluding hydrogens is 295 g/mol. The number of carbonyl (C=O) groups excluding carboxylic acids is 1. The molecule has 1 amide bonds. The number of amides is 1. The minimum Gasteiger partial charge on any atom is -0.406 e. The predicted molar refractivity (Wildman–Crippen MR) is 67.8 cm³/mol. The van der Waals surface area contributed by atoms with Gasteiger partial charge in [-0.2, -0.15) is 0 Å². The van der Waals surface area contributed by atoms with Gasteiger partial charge in [-0.05, 0) is 43.0 Å². The van der Waals surface area contributed by atoms with E-state index in [1.807, 2.05) is 0 Å². The van der Waals surface area contributed by atoms with Crippen LogP contribution < -0.4 is 10.1 Å². The summed E-state index contributed by atoms with van der Waals surface area (Å²) in [7, 11) is 0. The molecule has 0 heterocycles. The maximum Gasteiger partial charge on any atom is 0.573 e. The highest BCUT2D eigenvalue weighted by molar-refractivity contribution is 6.21. The molecule has 1 aliphatic carbocycles. The van der Waals surface area contributed by atoms with E-state index in [1.165, 1.54) is 12.1 Å². The Hall–Kier alpha value is -1.43. The number of nitrogens with one attached hydrogen (secondary N) is 1. The average molecular weight is 308 g/mol.